The van der Waals surface area contributed by atoms with Crippen molar-refractivity contribution >= 4 is 0 Å². The zero-order chi connectivity index (χ0) is 13.0. The highest BCUT2D eigenvalue weighted by Crippen LogP contribution is 2.17. The van der Waals surface area contributed by atoms with Crippen molar-refractivity contribution in [1.82, 2.24) is 20.5 Å². The molecule has 2 atom stereocenters. The van der Waals surface area contributed by atoms with Crippen molar-refractivity contribution in [3.63, 3.8) is 0 Å². The van der Waals surface area contributed by atoms with Crippen LogP contribution in [0.5, 0.6) is 0 Å². The van der Waals surface area contributed by atoms with E-state index in [0.29, 0.717) is 5.56 Å². The van der Waals surface area contributed by atoms with E-state index < -0.39 is 0 Å². The minimum atomic E-state index is 0.0955. The molecule has 0 fully saturated rings. The molecule has 1 heterocycles. The van der Waals surface area contributed by atoms with Gasteiger partial charge in [0, 0.05) is 6.04 Å². The van der Waals surface area contributed by atoms with Crippen LogP contribution in [0.25, 0.3) is 0 Å². The van der Waals surface area contributed by atoms with E-state index in [2.05, 4.69) is 33.5 Å². The normalized spacial score (nSPS) is 13.8. The van der Waals surface area contributed by atoms with Crippen molar-refractivity contribution in [2.24, 2.45) is 0 Å². The third-order valence-corrected chi connectivity index (χ3v) is 2.88. The van der Waals surface area contributed by atoms with Gasteiger partial charge in [0.15, 0.2) is 0 Å². The Morgan fingerprint density at radius 2 is 1.94 bits per heavy atom. The van der Waals surface area contributed by atoms with Crippen LogP contribution < -0.4 is 5.32 Å². The second-order valence-corrected chi connectivity index (χ2v) is 4.21. The van der Waals surface area contributed by atoms with E-state index in [0.717, 1.165) is 11.4 Å². The number of hydrogen-bond acceptors (Lipinski definition) is 4. The average Bonchev–Trinajstić information content (AvgIpc) is 2.92. The highest BCUT2D eigenvalue weighted by Gasteiger charge is 2.12. The van der Waals surface area contributed by atoms with Crippen LogP contribution in [0, 0.1) is 11.3 Å². The van der Waals surface area contributed by atoms with E-state index in [4.69, 9.17) is 5.26 Å². The second kappa shape index (κ2) is 5.43. The summed E-state index contributed by atoms with van der Waals surface area (Å²) in [6.07, 6.45) is 1.50. The molecule has 5 nitrogen and oxygen atoms in total. The number of nitrogens with one attached hydrogen (secondary N) is 2. The molecule has 2 aromatic rings. The number of H-pyrrole nitrogens is 1. The summed E-state index contributed by atoms with van der Waals surface area (Å²) in [4.78, 5) is 4.12. The fourth-order valence-corrected chi connectivity index (χ4v) is 1.82. The van der Waals surface area contributed by atoms with Crippen LogP contribution in [0.15, 0.2) is 30.6 Å². The first-order valence-electron chi connectivity index (χ1n) is 5.82. The Hall–Kier alpha value is -2.19. The van der Waals surface area contributed by atoms with Crippen molar-refractivity contribution in [2.45, 2.75) is 25.9 Å². The van der Waals surface area contributed by atoms with Crippen LogP contribution in [0.3, 0.4) is 0 Å². The third kappa shape index (κ3) is 2.73. The fourth-order valence-electron chi connectivity index (χ4n) is 1.82. The minimum Gasteiger partial charge on any atom is -0.301 e. The van der Waals surface area contributed by atoms with Crippen LogP contribution in [0.4, 0.5) is 0 Å². The van der Waals surface area contributed by atoms with E-state index in [1.165, 1.54) is 6.33 Å². The van der Waals surface area contributed by atoms with E-state index in [9.17, 15) is 0 Å². The molecule has 0 bridgehead atoms. The van der Waals surface area contributed by atoms with E-state index in [-0.39, 0.29) is 12.1 Å². The molecule has 2 N–H and O–H groups in total. The van der Waals surface area contributed by atoms with Gasteiger partial charge in [-0.25, -0.2) is 4.98 Å². The zero-order valence-corrected chi connectivity index (χ0v) is 10.4. The van der Waals surface area contributed by atoms with Gasteiger partial charge in [-0.2, -0.15) is 10.4 Å². The quantitative estimate of drug-likeness (QED) is 0.859. The summed E-state index contributed by atoms with van der Waals surface area (Å²) in [6.45, 7) is 4.11. The first-order chi connectivity index (χ1) is 8.70. The van der Waals surface area contributed by atoms with E-state index in [1.54, 1.807) is 0 Å². The Labute approximate surface area is 106 Å². The second-order valence-electron chi connectivity index (χ2n) is 4.21. The monoisotopic (exact) mass is 241 g/mol. The summed E-state index contributed by atoms with van der Waals surface area (Å²) in [5, 5.41) is 18.9. The van der Waals surface area contributed by atoms with Crippen LogP contribution in [-0.2, 0) is 0 Å². The van der Waals surface area contributed by atoms with E-state index >= 15 is 0 Å². The van der Waals surface area contributed by atoms with Crippen molar-refractivity contribution in [3.8, 4) is 6.07 Å². The lowest BCUT2D eigenvalue weighted by Gasteiger charge is -2.18. The lowest BCUT2D eigenvalue weighted by atomic mass is 10.1. The van der Waals surface area contributed by atoms with Crippen LogP contribution >= 0.6 is 0 Å². The number of nitriles is 1. The summed E-state index contributed by atoms with van der Waals surface area (Å²) in [5.74, 6) is 0.815. The molecule has 0 aliphatic heterocycles. The lowest BCUT2D eigenvalue weighted by Crippen LogP contribution is -2.23. The molecule has 0 aliphatic rings. The maximum absolute atomic E-state index is 8.75. The first kappa shape index (κ1) is 12.3. The number of hydrogen-bond donors (Lipinski definition) is 2. The Balaban J connectivity index is 2.03. The van der Waals surface area contributed by atoms with Crippen molar-refractivity contribution < 1.29 is 0 Å². The van der Waals surface area contributed by atoms with Gasteiger partial charge in [0.1, 0.15) is 12.2 Å². The zero-order valence-electron chi connectivity index (χ0n) is 10.4. The van der Waals surface area contributed by atoms with Gasteiger partial charge in [0.25, 0.3) is 0 Å². The van der Waals surface area contributed by atoms with Gasteiger partial charge in [-0.1, -0.05) is 12.1 Å². The van der Waals surface area contributed by atoms with Crippen LogP contribution in [0.1, 0.15) is 42.9 Å². The SMILES string of the molecule is CC(NC(C)c1ncn[nH]1)c1ccc(C#N)cc1. The highest BCUT2D eigenvalue weighted by atomic mass is 15.2. The van der Waals surface area contributed by atoms with E-state index in [1.807, 2.05) is 31.2 Å². The molecule has 1 aromatic carbocycles. The Kier molecular flexibility index (Phi) is 3.70. The number of aromatic amines is 1. The summed E-state index contributed by atoms with van der Waals surface area (Å²) in [7, 11) is 0. The van der Waals surface area contributed by atoms with Gasteiger partial charge >= 0.3 is 0 Å². The molecule has 92 valence electrons. The largest absolute Gasteiger partial charge is 0.301 e. The molecule has 0 amide bonds. The van der Waals surface area contributed by atoms with Crippen LogP contribution in [0.2, 0.25) is 0 Å². The smallest absolute Gasteiger partial charge is 0.141 e. The van der Waals surface area contributed by atoms with Gasteiger partial charge in [0.05, 0.1) is 17.7 Å². The Morgan fingerprint density at radius 3 is 2.50 bits per heavy atom. The number of rotatable bonds is 4. The number of benzene rings is 1. The molecular formula is C13H15N5. The average molecular weight is 241 g/mol. The summed E-state index contributed by atoms with van der Waals surface area (Å²) in [6, 6.07) is 9.96. The number of aromatic nitrogens is 3. The molecule has 1 aromatic heterocycles. The van der Waals surface area contributed by atoms with Crippen LogP contribution in [-0.4, -0.2) is 15.2 Å². The van der Waals surface area contributed by atoms with Gasteiger partial charge in [-0.15, -0.1) is 0 Å². The maximum Gasteiger partial charge on any atom is 0.141 e. The van der Waals surface area contributed by atoms with Gasteiger partial charge in [-0.05, 0) is 31.5 Å². The predicted molar refractivity (Wildman–Crippen MR) is 67.5 cm³/mol. The molecule has 2 unspecified atom stereocenters. The number of nitrogens with zero attached hydrogens (tertiary/aromatic N) is 3. The molecule has 18 heavy (non-hydrogen) atoms. The maximum atomic E-state index is 8.75. The summed E-state index contributed by atoms with van der Waals surface area (Å²) < 4.78 is 0. The molecule has 0 saturated carbocycles. The Bertz CT molecular complexity index is 524. The molecule has 2 rings (SSSR count). The molecule has 0 radical (unpaired) electrons. The molecule has 0 aliphatic carbocycles. The third-order valence-electron chi connectivity index (χ3n) is 2.88. The molecule has 0 saturated heterocycles. The van der Waals surface area contributed by atoms with Gasteiger partial charge < -0.3 is 5.32 Å². The highest BCUT2D eigenvalue weighted by molar-refractivity contribution is 5.32. The topological polar surface area (TPSA) is 77.4 Å². The fraction of sp³-hybridized carbons (Fsp3) is 0.308. The summed E-state index contributed by atoms with van der Waals surface area (Å²) >= 11 is 0. The minimum absolute atomic E-state index is 0.0955. The standard InChI is InChI=1S/C13H15N5/c1-9(12-5-3-11(7-14)4-6-12)17-10(2)13-15-8-16-18-13/h3-6,8-10,17H,1-2H3,(H,15,16,18). The summed E-state index contributed by atoms with van der Waals surface area (Å²) in [5.41, 5.74) is 1.81. The van der Waals surface area contributed by atoms with Gasteiger partial charge in [0.2, 0.25) is 0 Å². The van der Waals surface area contributed by atoms with Crippen molar-refractivity contribution in [2.75, 3.05) is 0 Å². The Morgan fingerprint density at radius 1 is 1.22 bits per heavy atom. The molecule has 0 spiro atoms. The lowest BCUT2D eigenvalue weighted by molar-refractivity contribution is 0.477. The first-order valence-corrected chi connectivity index (χ1v) is 5.82. The van der Waals surface area contributed by atoms with Crippen molar-refractivity contribution in [3.05, 3.63) is 47.5 Å². The van der Waals surface area contributed by atoms with Gasteiger partial charge in [-0.3, -0.25) is 5.10 Å². The molecule has 5 heteroatoms. The molecular weight excluding hydrogens is 226 g/mol. The predicted octanol–water partition coefficient (Wildman–Crippen LogP) is 2.09. The van der Waals surface area contributed by atoms with Crippen molar-refractivity contribution in [1.29, 1.82) is 5.26 Å².